The van der Waals surface area contributed by atoms with E-state index in [0.717, 1.165) is 0 Å². The summed E-state index contributed by atoms with van der Waals surface area (Å²) in [5, 5.41) is 0. The lowest BCUT2D eigenvalue weighted by molar-refractivity contribution is 0.416. The molecule has 0 nitrogen and oxygen atoms in total. The first kappa shape index (κ1) is 10.7. The van der Waals surface area contributed by atoms with Crippen molar-refractivity contribution in [3.05, 3.63) is 11.6 Å². The monoisotopic (exact) mass is 154 g/mol. The van der Waals surface area contributed by atoms with Gasteiger partial charge in [-0.15, -0.1) is 0 Å². The summed E-state index contributed by atoms with van der Waals surface area (Å²) in [6.07, 6.45) is 6.34. The Kier molecular flexibility index (Phi) is 4.48. The van der Waals surface area contributed by atoms with Gasteiger partial charge < -0.3 is 0 Å². The summed E-state index contributed by atoms with van der Waals surface area (Å²) in [7, 11) is 0. The lowest BCUT2D eigenvalue weighted by Crippen LogP contribution is -2.07. The number of allylic oxidation sites excluding steroid dienone is 2. The Labute approximate surface area is 71.7 Å². The molecule has 0 saturated heterocycles. The highest BCUT2D eigenvalue weighted by molar-refractivity contribution is 5.01. The molecule has 0 aliphatic carbocycles. The van der Waals surface area contributed by atoms with Gasteiger partial charge in [-0.05, 0) is 25.7 Å². The van der Waals surface area contributed by atoms with Gasteiger partial charge in [-0.2, -0.15) is 0 Å². The highest BCUT2D eigenvalue weighted by Crippen LogP contribution is 2.25. The molecule has 66 valence electrons. The number of rotatable bonds is 4. The third-order valence-electron chi connectivity index (χ3n) is 1.85. The molecule has 11 heavy (non-hydrogen) atoms. The summed E-state index contributed by atoms with van der Waals surface area (Å²) in [5.41, 5.74) is 1.85. The predicted molar refractivity (Wildman–Crippen MR) is 52.7 cm³/mol. The van der Waals surface area contributed by atoms with Gasteiger partial charge in [-0.1, -0.05) is 45.3 Å². The fraction of sp³-hybridized carbons (Fsp3) is 0.818. The Bertz CT molecular complexity index is 125. The van der Waals surface area contributed by atoms with Gasteiger partial charge in [-0.25, -0.2) is 0 Å². The van der Waals surface area contributed by atoms with Crippen LogP contribution in [0.1, 0.15) is 53.9 Å². The van der Waals surface area contributed by atoms with Crippen LogP contribution < -0.4 is 0 Å². The maximum atomic E-state index is 2.38. The van der Waals surface area contributed by atoms with Crippen molar-refractivity contribution in [3.63, 3.8) is 0 Å². The van der Waals surface area contributed by atoms with Crippen molar-refractivity contribution in [3.8, 4) is 0 Å². The average molecular weight is 154 g/mol. The second kappa shape index (κ2) is 4.58. The van der Waals surface area contributed by atoms with Crippen molar-refractivity contribution in [1.82, 2.24) is 0 Å². The lowest BCUT2D eigenvalue weighted by atomic mass is 9.86. The van der Waals surface area contributed by atoms with Crippen LogP contribution in [0.4, 0.5) is 0 Å². The first-order valence-corrected chi connectivity index (χ1v) is 4.64. The highest BCUT2D eigenvalue weighted by Gasteiger charge is 2.12. The molecule has 0 aromatic carbocycles. The predicted octanol–water partition coefficient (Wildman–Crippen LogP) is 4.17. The van der Waals surface area contributed by atoms with Crippen molar-refractivity contribution in [1.29, 1.82) is 0 Å². The van der Waals surface area contributed by atoms with E-state index in [1.54, 1.807) is 0 Å². The van der Waals surface area contributed by atoms with E-state index in [4.69, 9.17) is 0 Å². The van der Waals surface area contributed by atoms with Crippen LogP contribution in [0, 0.1) is 5.41 Å². The van der Waals surface area contributed by atoms with E-state index in [9.17, 15) is 0 Å². The third-order valence-corrected chi connectivity index (χ3v) is 1.85. The zero-order valence-electron chi connectivity index (χ0n) is 8.70. The van der Waals surface area contributed by atoms with Gasteiger partial charge in [-0.3, -0.25) is 0 Å². The van der Waals surface area contributed by atoms with E-state index in [1.807, 2.05) is 0 Å². The molecule has 0 bridgehead atoms. The SMILES string of the molecule is CCCCC(C)(C)C=C(C)C. The normalized spacial score (nSPS) is 11.4. The molecule has 0 atom stereocenters. The molecular formula is C11H22. The van der Waals surface area contributed by atoms with Gasteiger partial charge in [0.05, 0.1) is 0 Å². The Morgan fingerprint density at radius 3 is 2.18 bits per heavy atom. The molecule has 0 amide bonds. The molecule has 0 fully saturated rings. The Morgan fingerprint density at radius 1 is 1.27 bits per heavy atom. The molecule has 0 rings (SSSR count). The molecular weight excluding hydrogens is 132 g/mol. The number of hydrogen-bond acceptors (Lipinski definition) is 0. The van der Waals surface area contributed by atoms with Gasteiger partial charge in [0.1, 0.15) is 0 Å². The topological polar surface area (TPSA) is 0 Å². The van der Waals surface area contributed by atoms with E-state index in [-0.39, 0.29) is 0 Å². The van der Waals surface area contributed by atoms with E-state index >= 15 is 0 Å². The van der Waals surface area contributed by atoms with Crippen LogP contribution >= 0.6 is 0 Å². The van der Waals surface area contributed by atoms with Crippen LogP contribution in [0.5, 0.6) is 0 Å². The molecule has 0 aliphatic rings. The molecule has 0 heteroatoms. The molecule has 0 saturated carbocycles. The van der Waals surface area contributed by atoms with Gasteiger partial charge in [0.25, 0.3) is 0 Å². The zero-order chi connectivity index (χ0) is 8.91. The van der Waals surface area contributed by atoms with Crippen molar-refractivity contribution in [2.45, 2.75) is 53.9 Å². The first-order valence-electron chi connectivity index (χ1n) is 4.64. The molecule has 0 spiro atoms. The van der Waals surface area contributed by atoms with Gasteiger partial charge >= 0.3 is 0 Å². The number of unbranched alkanes of at least 4 members (excludes halogenated alkanes) is 1. The molecule has 0 N–H and O–H groups in total. The molecule has 0 aromatic heterocycles. The largest absolute Gasteiger partial charge is 0.0802 e. The van der Waals surface area contributed by atoms with Crippen molar-refractivity contribution in [2.75, 3.05) is 0 Å². The molecule has 0 aliphatic heterocycles. The minimum absolute atomic E-state index is 0.412. The minimum atomic E-state index is 0.412. The average Bonchev–Trinajstić information content (AvgIpc) is 1.81. The summed E-state index contributed by atoms with van der Waals surface area (Å²) in [6.45, 7) is 11.2. The van der Waals surface area contributed by atoms with Gasteiger partial charge in [0.2, 0.25) is 0 Å². The van der Waals surface area contributed by atoms with Crippen LogP contribution in [0.25, 0.3) is 0 Å². The molecule has 0 heterocycles. The van der Waals surface area contributed by atoms with E-state index < -0.39 is 0 Å². The Hall–Kier alpha value is -0.260. The van der Waals surface area contributed by atoms with E-state index in [1.165, 1.54) is 24.8 Å². The second-order valence-electron chi connectivity index (χ2n) is 4.31. The van der Waals surface area contributed by atoms with E-state index in [2.05, 4.69) is 40.7 Å². The lowest BCUT2D eigenvalue weighted by Gasteiger charge is -2.20. The van der Waals surface area contributed by atoms with Gasteiger partial charge in [0.15, 0.2) is 0 Å². The standard InChI is InChI=1S/C11H22/c1-6-7-8-11(4,5)9-10(2)3/h9H,6-8H2,1-5H3. The number of hydrogen-bond donors (Lipinski definition) is 0. The van der Waals surface area contributed by atoms with Crippen LogP contribution in [-0.2, 0) is 0 Å². The van der Waals surface area contributed by atoms with Crippen LogP contribution in [0.15, 0.2) is 11.6 Å². The second-order valence-corrected chi connectivity index (χ2v) is 4.31. The van der Waals surface area contributed by atoms with Crippen LogP contribution in [-0.4, -0.2) is 0 Å². The quantitative estimate of drug-likeness (QED) is 0.533. The summed E-state index contributed by atoms with van der Waals surface area (Å²) in [6, 6.07) is 0. The van der Waals surface area contributed by atoms with Crippen molar-refractivity contribution < 1.29 is 0 Å². The Balaban J connectivity index is 3.90. The molecule has 0 unspecified atom stereocenters. The summed E-state index contributed by atoms with van der Waals surface area (Å²) in [5.74, 6) is 0. The van der Waals surface area contributed by atoms with E-state index in [0.29, 0.717) is 5.41 Å². The Morgan fingerprint density at radius 2 is 1.82 bits per heavy atom. The minimum Gasteiger partial charge on any atom is -0.0802 e. The summed E-state index contributed by atoms with van der Waals surface area (Å²) >= 11 is 0. The molecule has 0 radical (unpaired) electrons. The van der Waals surface area contributed by atoms with Gasteiger partial charge in [0, 0.05) is 0 Å². The van der Waals surface area contributed by atoms with Crippen molar-refractivity contribution >= 4 is 0 Å². The summed E-state index contributed by atoms with van der Waals surface area (Å²) in [4.78, 5) is 0. The van der Waals surface area contributed by atoms with Crippen LogP contribution in [0.2, 0.25) is 0 Å². The molecule has 0 aromatic rings. The maximum absolute atomic E-state index is 2.38. The maximum Gasteiger partial charge on any atom is -0.0172 e. The highest BCUT2D eigenvalue weighted by atomic mass is 14.2. The van der Waals surface area contributed by atoms with Crippen LogP contribution in [0.3, 0.4) is 0 Å². The smallest absolute Gasteiger partial charge is 0.0172 e. The fourth-order valence-corrected chi connectivity index (χ4v) is 1.49. The third kappa shape index (κ3) is 6.15. The fourth-order valence-electron chi connectivity index (χ4n) is 1.49. The zero-order valence-corrected chi connectivity index (χ0v) is 8.70. The summed E-state index contributed by atoms with van der Waals surface area (Å²) < 4.78 is 0. The van der Waals surface area contributed by atoms with Crippen molar-refractivity contribution in [2.24, 2.45) is 5.41 Å². The first-order chi connectivity index (χ1) is 4.98.